The number of nitrogens with zero attached hydrogens (tertiary/aromatic N) is 1. The van der Waals surface area contributed by atoms with E-state index >= 15 is 0 Å². The number of amides is 1. The Balaban J connectivity index is 1.89. The van der Waals surface area contributed by atoms with E-state index in [4.69, 9.17) is 5.73 Å². The number of rotatable bonds is 3. The minimum absolute atomic E-state index is 0.0523. The van der Waals surface area contributed by atoms with Crippen LogP contribution in [0, 0.1) is 0 Å². The predicted molar refractivity (Wildman–Crippen MR) is 78.1 cm³/mol. The molecule has 0 aromatic heterocycles. The standard InChI is InChI=1S/C13H18BrN3O2/c14-10-2-1-3-11(13(10)19)16-12(18)8-17-6-4-9(15)5-7-17/h1-3,9,19H,4-8,15H2,(H,16,18). The molecule has 19 heavy (non-hydrogen) atoms. The van der Waals surface area contributed by atoms with Crippen LogP contribution in [0.5, 0.6) is 5.75 Å². The number of benzene rings is 1. The smallest absolute Gasteiger partial charge is 0.238 e. The molecule has 0 radical (unpaired) electrons. The van der Waals surface area contributed by atoms with Crippen LogP contribution in [0.1, 0.15) is 12.8 Å². The van der Waals surface area contributed by atoms with Gasteiger partial charge < -0.3 is 16.2 Å². The highest BCUT2D eigenvalue weighted by Crippen LogP contribution is 2.31. The lowest BCUT2D eigenvalue weighted by atomic mass is 10.1. The first kappa shape index (κ1) is 14.3. The van der Waals surface area contributed by atoms with Gasteiger partial charge in [0.05, 0.1) is 16.7 Å². The van der Waals surface area contributed by atoms with Crippen LogP contribution in [0.2, 0.25) is 0 Å². The van der Waals surface area contributed by atoms with Crippen molar-refractivity contribution in [2.24, 2.45) is 5.73 Å². The van der Waals surface area contributed by atoms with E-state index in [0.717, 1.165) is 25.9 Å². The molecule has 1 aromatic rings. The Morgan fingerprint density at radius 2 is 2.16 bits per heavy atom. The monoisotopic (exact) mass is 327 g/mol. The molecule has 1 heterocycles. The number of para-hydroxylation sites is 1. The first-order chi connectivity index (χ1) is 9.06. The minimum atomic E-state index is -0.121. The summed E-state index contributed by atoms with van der Waals surface area (Å²) in [6, 6.07) is 5.41. The van der Waals surface area contributed by atoms with Crippen LogP contribution < -0.4 is 11.1 Å². The molecule has 5 nitrogen and oxygen atoms in total. The van der Waals surface area contributed by atoms with Gasteiger partial charge in [0.1, 0.15) is 0 Å². The van der Waals surface area contributed by atoms with Crippen LogP contribution in [0.25, 0.3) is 0 Å². The van der Waals surface area contributed by atoms with E-state index in [9.17, 15) is 9.90 Å². The fraction of sp³-hybridized carbons (Fsp3) is 0.462. The highest BCUT2D eigenvalue weighted by molar-refractivity contribution is 9.10. The Hall–Kier alpha value is -1.11. The van der Waals surface area contributed by atoms with E-state index in [1.807, 2.05) is 0 Å². The normalized spacial score (nSPS) is 17.4. The topological polar surface area (TPSA) is 78.6 Å². The molecule has 0 bridgehead atoms. The summed E-state index contributed by atoms with van der Waals surface area (Å²) in [5, 5.41) is 12.5. The number of likely N-dealkylation sites (tertiary alicyclic amines) is 1. The zero-order valence-corrected chi connectivity index (χ0v) is 12.2. The Bertz CT molecular complexity index is 459. The molecule has 0 aliphatic carbocycles. The van der Waals surface area contributed by atoms with Crippen LogP contribution in [0.15, 0.2) is 22.7 Å². The quantitative estimate of drug-likeness (QED) is 0.735. The lowest BCUT2D eigenvalue weighted by molar-refractivity contribution is -0.117. The number of aromatic hydroxyl groups is 1. The molecule has 1 aliphatic heterocycles. The van der Waals surface area contributed by atoms with E-state index in [2.05, 4.69) is 26.1 Å². The lowest BCUT2D eigenvalue weighted by Gasteiger charge is -2.29. The molecule has 0 atom stereocenters. The van der Waals surface area contributed by atoms with Gasteiger partial charge in [-0.3, -0.25) is 9.69 Å². The molecule has 2 rings (SSSR count). The molecule has 4 N–H and O–H groups in total. The summed E-state index contributed by atoms with van der Waals surface area (Å²) >= 11 is 3.22. The molecule has 0 spiro atoms. The van der Waals surface area contributed by atoms with Gasteiger partial charge in [-0.25, -0.2) is 0 Å². The Morgan fingerprint density at radius 1 is 1.47 bits per heavy atom. The second kappa shape index (κ2) is 6.36. The second-order valence-electron chi connectivity index (χ2n) is 4.80. The van der Waals surface area contributed by atoms with Crippen molar-refractivity contribution in [1.29, 1.82) is 0 Å². The number of hydrogen-bond donors (Lipinski definition) is 3. The first-order valence-electron chi connectivity index (χ1n) is 6.31. The van der Waals surface area contributed by atoms with Gasteiger partial charge in [0.15, 0.2) is 5.75 Å². The number of carbonyl (C=O) groups excluding carboxylic acids is 1. The summed E-state index contributed by atoms with van der Waals surface area (Å²) in [5.41, 5.74) is 6.25. The minimum Gasteiger partial charge on any atom is -0.505 e. The van der Waals surface area contributed by atoms with Crippen LogP contribution in [-0.4, -0.2) is 41.6 Å². The number of hydrogen-bond acceptors (Lipinski definition) is 4. The molecule has 0 unspecified atom stereocenters. The summed E-state index contributed by atoms with van der Waals surface area (Å²) in [4.78, 5) is 14.0. The van der Waals surface area contributed by atoms with Gasteiger partial charge in [-0.15, -0.1) is 0 Å². The molecule has 1 amide bonds. The second-order valence-corrected chi connectivity index (χ2v) is 5.65. The van der Waals surface area contributed by atoms with Crippen LogP contribution in [0.3, 0.4) is 0 Å². The van der Waals surface area contributed by atoms with Crippen molar-refractivity contribution in [3.63, 3.8) is 0 Å². The number of nitrogens with two attached hydrogens (primary N) is 1. The summed E-state index contributed by atoms with van der Waals surface area (Å²) in [6.45, 7) is 2.02. The molecule has 6 heteroatoms. The number of carbonyl (C=O) groups is 1. The zero-order chi connectivity index (χ0) is 13.8. The molecule has 1 aromatic carbocycles. The van der Waals surface area contributed by atoms with Crippen LogP contribution in [-0.2, 0) is 4.79 Å². The van der Waals surface area contributed by atoms with Crippen molar-refractivity contribution in [2.45, 2.75) is 18.9 Å². The van der Waals surface area contributed by atoms with Crippen LogP contribution in [0.4, 0.5) is 5.69 Å². The Labute approximate surface area is 120 Å². The SMILES string of the molecule is NC1CCN(CC(=O)Nc2cccc(Br)c2O)CC1. The van der Waals surface area contributed by atoms with Crippen molar-refractivity contribution in [3.8, 4) is 5.75 Å². The van der Waals surface area contributed by atoms with Gasteiger partial charge in [0.2, 0.25) is 5.91 Å². The first-order valence-corrected chi connectivity index (χ1v) is 7.11. The van der Waals surface area contributed by atoms with Gasteiger partial charge in [0, 0.05) is 19.1 Å². The summed E-state index contributed by atoms with van der Waals surface area (Å²) in [7, 11) is 0. The lowest BCUT2D eigenvalue weighted by Crippen LogP contribution is -2.43. The van der Waals surface area contributed by atoms with Gasteiger partial charge in [-0.2, -0.15) is 0 Å². The van der Waals surface area contributed by atoms with Gasteiger partial charge >= 0.3 is 0 Å². The van der Waals surface area contributed by atoms with E-state index in [1.54, 1.807) is 18.2 Å². The van der Waals surface area contributed by atoms with Crippen molar-refractivity contribution < 1.29 is 9.90 Å². The number of phenols is 1. The largest absolute Gasteiger partial charge is 0.505 e. The average molecular weight is 328 g/mol. The van der Waals surface area contributed by atoms with E-state index in [1.165, 1.54) is 0 Å². The van der Waals surface area contributed by atoms with E-state index in [-0.39, 0.29) is 17.7 Å². The van der Waals surface area contributed by atoms with Crippen molar-refractivity contribution in [1.82, 2.24) is 4.90 Å². The third-order valence-corrected chi connectivity index (χ3v) is 3.90. The number of nitrogens with one attached hydrogen (secondary N) is 1. The van der Waals surface area contributed by atoms with Gasteiger partial charge in [-0.1, -0.05) is 6.07 Å². The predicted octanol–water partition coefficient (Wildman–Crippen LogP) is 1.52. The zero-order valence-electron chi connectivity index (χ0n) is 10.6. The fourth-order valence-corrected chi connectivity index (χ4v) is 2.49. The molecular formula is C13H18BrN3O2. The molecule has 1 aliphatic rings. The number of anilines is 1. The fourth-order valence-electron chi connectivity index (χ4n) is 2.12. The maximum Gasteiger partial charge on any atom is 0.238 e. The highest BCUT2D eigenvalue weighted by Gasteiger charge is 2.18. The molecule has 0 saturated carbocycles. The van der Waals surface area contributed by atoms with Gasteiger partial charge in [0.25, 0.3) is 0 Å². The van der Waals surface area contributed by atoms with E-state index in [0.29, 0.717) is 16.7 Å². The third-order valence-electron chi connectivity index (χ3n) is 3.26. The van der Waals surface area contributed by atoms with Crippen molar-refractivity contribution in [3.05, 3.63) is 22.7 Å². The summed E-state index contributed by atoms with van der Waals surface area (Å²) in [5.74, 6) is -0.0691. The molecule has 104 valence electrons. The summed E-state index contributed by atoms with van der Waals surface area (Å²) in [6.07, 6.45) is 1.85. The highest BCUT2D eigenvalue weighted by atomic mass is 79.9. The van der Waals surface area contributed by atoms with Gasteiger partial charge in [-0.05, 0) is 40.9 Å². The van der Waals surface area contributed by atoms with Crippen molar-refractivity contribution >= 4 is 27.5 Å². The third kappa shape index (κ3) is 3.92. The number of phenolic OH excluding ortho intramolecular Hbond substituents is 1. The van der Waals surface area contributed by atoms with Crippen molar-refractivity contribution in [2.75, 3.05) is 25.0 Å². The number of halogens is 1. The maximum absolute atomic E-state index is 11.9. The molecule has 1 saturated heterocycles. The Kier molecular flexibility index (Phi) is 4.79. The number of piperidine rings is 1. The Morgan fingerprint density at radius 3 is 2.84 bits per heavy atom. The van der Waals surface area contributed by atoms with E-state index < -0.39 is 0 Å². The average Bonchev–Trinajstić information content (AvgIpc) is 2.38. The summed E-state index contributed by atoms with van der Waals surface area (Å²) < 4.78 is 0.564. The maximum atomic E-state index is 11.9. The molecule has 1 fully saturated rings. The molecular weight excluding hydrogens is 310 g/mol. The van der Waals surface area contributed by atoms with Crippen LogP contribution >= 0.6 is 15.9 Å².